The number of alkyl halides is 1. The summed E-state index contributed by atoms with van der Waals surface area (Å²) in [7, 11) is 0. The number of aryl methyl sites for hydroxylation is 1. The maximum absolute atomic E-state index is 11.9. The van der Waals surface area contributed by atoms with Crippen LogP contribution in [0.5, 0.6) is 0 Å². The first-order chi connectivity index (χ1) is 7.56. The molecule has 1 N–H and O–H groups in total. The van der Waals surface area contributed by atoms with Crippen LogP contribution >= 0.6 is 27.3 Å². The maximum atomic E-state index is 11.9. The highest BCUT2D eigenvalue weighted by molar-refractivity contribution is 9.09. The van der Waals surface area contributed by atoms with Gasteiger partial charge in [0, 0.05) is 11.4 Å². The Morgan fingerprint density at radius 3 is 2.81 bits per heavy atom. The molecule has 0 aliphatic heterocycles. The first kappa shape index (κ1) is 13.7. The first-order valence-electron chi connectivity index (χ1n) is 5.54. The Kier molecular flexibility index (Phi) is 5.49. The number of hydrogen-bond acceptors (Lipinski definition) is 2. The summed E-state index contributed by atoms with van der Waals surface area (Å²) in [6.07, 6.45) is 0.911. The molecule has 0 bridgehead atoms. The van der Waals surface area contributed by atoms with Gasteiger partial charge < -0.3 is 5.32 Å². The third kappa shape index (κ3) is 3.59. The van der Waals surface area contributed by atoms with Crippen LogP contribution in [0.3, 0.4) is 0 Å². The molecule has 0 saturated heterocycles. The lowest BCUT2D eigenvalue weighted by molar-refractivity contribution is 0.0956. The highest BCUT2D eigenvalue weighted by Crippen LogP contribution is 2.17. The second-order valence-corrected chi connectivity index (χ2v) is 6.19. The lowest BCUT2D eigenvalue weighted by Crippen LogP contribution is -2.31. The van der Waals surface area contributed by atoms with E-state index in [9.17, 15) is 4.79 Å². The summed E-state index contributed by atoms with van der Waals surface area (Å²) in [5.41, 5.74) is 1.14. The fourth-order valence-electron chi connectivity index (χ4n) is 1.32. The Balaban J connectivity index is 2.53. The average molecular weight is 304 g/mol. The van der Waals surface area contributed by atoms with Gasteiger partial charge >= 0.3 is 0 Å². The van der Waals surface area contributed by atoms with E-state index >= 15 is 0 Å². The fourth-order valence-corrected chi connectivity index (χ4v) is 2.39. The van der Waals surface area contributed by atoms with Crippen LogP contribution in [0.4, 0.5) is 0 Å². The highest BCUT2D eigenvalue weighted by Gasteiger charge is 2.14. The molecule has 2 nitrogen and oxygen atoms in total. The van der Waals surface area contributed by atoms with E-state index in [-0.39, 0.29) is 5.91 Å². The Labute approximate surface area is 110 Å². The van der Waals surface area contributed by atoms with E-state index in [0.29, 0.717) is 17.3 Å². The zero-order chi connectivity index (χ0) is 12.1. The van der Waals surface area contributed by atoms with E-state index in [1.165, 1.54) is 11.3 Å². The average Bonchev–Trinajstić information content (AvgIpc) is 2.73. The van der Waals surface area contributed by atoms with Gasteiger partial charge in [-0.25, -0.2) is 0 Å². The smallest absolute Gasteiger partial charge is 0.261 e. The molecule has 0 spiro atoms. The molecule has 4 heteroatoms. The molecule has 1 heterocycles. The van der Waals surface area contributed by atoms with Gasteiger partial charge in [-0.15, -0.1) is 11.3 Å². The minimum atomic E-state index is 0.0527. The van der Waals surface area contributed by atoms with Gasteiger partial charge in [-0.05, 0) is 29.3 Å². The second-order valence-electron chi connectivity index (χ2n) is 4.10. The van der Waals surface area contributed by atoms with Crippen molar-refractivity contribution in [2.75, 3.05) is 6.54 Å². The number of thiophene rings is 1. The number of halogens is 1. The van der Waals surface area contributed by atoms with Crippen molar-refractivity contribution in [3.63, 3.8) is 0 Å². The lowest BCUT2D eigenvalue weighted by Gasteiger charge is -2.14. The first-order valence-corrected chi connectivity index (χ1v) is 7.34. The van der Waals surface area contributed by atoms with Gasteiger partial charge in [-0.2, -0.15) is 0 Å². The van der Waals surface area contributed by atoms with Crippen molar-refractivity contribution in [3.05, 3.63) is 21.9 Å². The molecule has 1 unspecified atom stereocenters. The van der Waals surface area contributed by atoms with E-state index in [1.807, 2.05) is 11.4 Å². The van der Waals surface area contributed by atoms with Crippen molar-refractivity contribution >= 4 is 33.2 Å². The van der Waals surface area contributed by atoms with Crippen LogP contribution in [0.1, 0.15) is 36.0 Å². The van der Waals surface area contributed by atoms with Crippen molar-refractivity contribution in [2.45, 2.75) is 32.0 Å². The van der Waals surface area contributed by atoms with Crippen LogP contribution in [-0.4, -0.2) is 17.3 Å². The molecule has 0 aliphatic rings. The number of rotatable bonds is 5. The third-order valence-corrected chi connectivity index (χ3v) is 4.85. The number of carbonyl (C=O) groups excluding carboxylic acids is 1. The van der Waals surface area contributed by atoms with Gasteiger partial charge in [0.15, 0.2) is 0 Å². The van der Waals surface area contributed by atoms with E-state index < -0.39 is 0 Å². The normalized spacial score (nSPS) is 12.8. The molecule has 1 aromatic heterocycles. The van der Waals surface area contributed by atoms with E-state index in [1.54, 1.807) is 0 Å². The second kappa shape index (κ2) is 6.40. The fraction of sp³-hybridized carbons (Fsp3) is 0.583. The Morgan fingerprint density at radius 2 is 2.25 bits per heavy atom. The molecule has 0 saturated carbocycles. The van der Waals surface area contributed by atoms with Gasteiger partial charge in [-0.1, -0.05) is 36.7 Å². The highest BCUT2D eigenvalue weighted by atomic mass is 79.9. The zero-order valence-corrected chi connectivity index (χ0v) is 12.3. The summed E-state index contributed by atoms with van der Waals surface area (Å²) in [4.78, 5) is 13.1. The zero-order valence-electron chi connectivity index (χ0n) is 9.92. The molecule has 1 atom stereocenters. The summed E-state index contributed by atoms with van der Waals surface area (Å²) in [6.45, 7) is 7.01. The van der Waals surface area contributed by atoms with Crippen molar-refractivity contribution in [3.8, 4) is 0 Å². The summed E-state index contributed by atoms with van der Waals surface area (Å²) in [6, 6.07) is 2.02. The lowest BCUT2D eigenvalue weighted by atomic mass is 10.1. The number of nitrogens with one attached hydrogen (secondary N) is 1. The number of carbonyl (C=O) groups is 1. The van der Waals surface area contributed by atoms with Crippen molar-refractivity contribution < 1.29 is 4.79 Å². The van der Waals surface area contributed by atoms with Crippen LogP contribution in [0.2, 0.25) is 0 Å². The van der Waals surface area contributed by atoms with Crippen LogP contribution < -0.4 is 5.32 Å². The molecule has 16 heavy (non-hydrogen) atoms. The minimum absolute atomic E-state index is 0.0527. The molecule has 1 amide bonds. The topological polar surface area (TPSA) is 29.1 Å². The predicted octanol–water partition coefficient (Wildman–Crippen LogP) is 3.46. The Hall–Kier alpha value is -0.350. The quantitative estimate of drug-likeness (QED) is 0.829. The summed E-state index contributed by atoms with van der Waals surface area (Å²) in [5.74, 6) is 0.575. The van der Waals surface area contributed by atoms with Crippen molar-refractivity contribution in [1.82, 2.24) is 5.32 Å². The van der Waals surface area contributed by atoms with E-state index in [2.05, 4.69) is 42.0 Å². The molecule has 1 rings (SSSR count). The molecule has 0 fully saturated rings. The molecular weight excluding hydrogens is 286 g/mol. The number of amides is 1. The largest absolute Gasteiger partial charge is 0.350 e. The van der Waals surface area contributed by atoms with Gasteiger partial charge in [0.1, 0.15) is 0 Å². The predicted molar refractivity (Wildman–Crippen MR) is 73.6 cm³/mol. The van der Waals surface area contributed by atoms with Gasteiger partial charge in [0.05, 0.1) is 4.88 Å². The monoisotopic (exact) mass is 303 g/mol. The van der Waals surface area contributed by atoms with Crippen LogP contribution in [-0.2, 0) is 6.42 Å². The van der Waals surface area contributed by atoms with Crippen molar-refractivity contribution in [2.24, 2.45) is 5.92 Å². The number of hydrogen-bond donors (Lipinski definition) is 1. The standard InChI is InChI=1S/C12H18BrNOS/c1-4-9-5-6-16-11(9)12(15)14-7-10(13)8(2)3/h5-6,8,10H,4,7H2,1-3H3,(H,14,15). The Morgan fingerprint density at radius 1 is 1.56 bits per heavy atom. The molecular formula is C12H18BrNOS. The summed E-state index contributed by atoms with van der Waals surface area (Å²) in [5, 5.41) is 4.94. The molecule has 90 valence electrons. The SMILES string of the molecule is CCc1ccsc1C(=O)NCC(Br)C(C)C. The summed E-state index contributed by atoms with van der Waals surface area (Å²) >= 11 is 5.07. The van der Waals surface area contributed by atoms with Gasteiger partial charge in [-0.3, -0.25) is 4.79 Å². The summed E-state index contributed by atoms with van der Waals surface area (Å²) < 4.78 is 0. The van der Waals surface area contributed by atoms with Crippen LogP contribution in [0.15, 0.2) is 11.4 Å². The molecule has 0 radical (unpaired) electrons. The maximum Gasteiger partial charge on any atom is 0.261 e. The van der Waals surface area contributed by atoms with Crippen molar-refractivity contribution in [1.29, 1.82) is 0 Å². The Bertz CT molecular complexity index is 349. The minimum Gasteiger partial charge on any atom is -0.350 e. The van der Waals surface area contributed by atoms with Crippen LogP contribution in [0, 0.1) is 5.92 Å². The van der Waals surface area contributed by atoms with E-state index in [4.69, 9.17) is 0 Å². The van der Waals surface area contributed by atoms with E-state index in [0.717, 1.165) is 16.9 Å². The van der Waals surface area contributed by atoms with Gasteiger partial charge in [0.25, 0.3) is 5.91 Å². The molecule has 0 aromatic carbocycles. The van der Waals surface area contributed by atoms with Crippen LogP contribution in [0.25, 0.3) is 0 Å². The third-order valence-electron chi connectivity index (χ3n) is 2.51. The molecule has 0 aliphatic carbocycles. The van der Waals surface area contributed by atoms with Gasteiger partial charge in [0.2, 0.25) is 0 Å². The molecule has 1 aromatic rings.